The summed E-state index contributed by atoms with van der Waals surface area (Å²) in [5, 5.41) is 2.91. The van der Waals surface area contributed by atoms with Crippen LogP contribution in [0.25, 0.3) is 0 Å². The zero-order valence-corrected chi connectivity index (χ0v) is 12.7. The second-order valence-corrected chi connectivity index (χ2v) is 6.29. The van der Waals surface area contributed by atoms with Gasteiger partial charge in [0.05, 0.1) is 0 Å². The Hall–Kier alpha value is -1.26. The predicted octanol–water partition coefficient (Wildman–Crippen LogP) is 2.16. The number of hydrogen-bond acceptors (Lipinski definition) is 3. The number of likely N-dealkylation sites (tertiary alicyclic amines) is 1. The van der Waals surface area contributed by atoms with Crippen molar-refractivity contribution in [3.8, 4) is 0 Å². The van der Waals surface area contributed by atoms with Gasteiger partial charge in [-0.25, -0.2) is 4.79 Å². The fourth-order valence-electron chi connectivity index (χ4n) is 2.37. The van der Waals surface area contributed by atoms with Crippen LogP contribution < -0.4 is 5.32 Å². The molecule has 2 unspecified atom stereocenters. The smallest absolute Gasteiger partial charge is 0.410 e. The van der Waals surface area contributed by atoms with Crippen molar-refractivity contribution in [2.45, 2.75) is 59.1 Å². The van der Waals surface area contributed by atoms with Gasteiger partial charge in [-0.3, -0.25) is 4.79 Å². The summed E-state index contributed by atoms with van der Waals surface area (Å²) in [7, 11) is 0. The van der Waals surface area contributed by atoms with Crippen molar-refractivity contribution in [1.82, 2.24) is 10.2 Å². The first-order valence-electron chi connectivity index (χ1n) is 6.96. The van der Waals surface area contributed by atoms with Crippen molar-refractivity contribution in [2.75, 3.05) is 13.1 Å². The van der Waals surface area contributed by atoms with E-state index in [1.165, 1.54) is 6.92 Å². The topological polar surface area (TPSA) is 58.6 Å². The summed E-state index contributed by atoms with van der Waals surface area (Å²) < 4.78 is 5.40. The molecule has 0 aliphatic carbocycles. The first-order valence-corrected chi connectivity index (χ1v) is 6.96. The average molecular weight is 270 g/mol. The minimum atomic E-state index is -0.486. The standard InChI is InChI=1S/C14H26N2O3/c1-6-11-7-12(15-10(2)17)9-16(8-11)13(18)19-14(3,4)5/h11-12H,6-9H2,1-5H3,(H,15,17). The lowest BCUT2D eigenvalue weighted by Crippen LogP contribution is -2.53. The molecule has 1 rings (SSSR count). The molecule has 1 aliphatic heterocycles. The Morgan fingerprint density at radius 3 is 2.42 bits per heavy atom. The zero-order valence-electron chi connectivity index (χ0n) is 12.7. The second kappa shape index (κ2) is 6.26. The van der Waals surface area contributed by atoms with Crippen molar-refractivity contribution in [3.05, 3.63) is 0 Å². The van der Waals surface area contributed by atoms with Gasteiger partial charge >= 0.3 is 6.09 Å². The van der Waals surface area contributed by atoms with E-state index in [9.17, 15) is 9.59 Å². The monoisotopic (exact) mass is 270 g/mol. The van der Waals surface area contributed by atoms with E-state index in [2.05, 4.69) is 12.2 Å². The van der Waals surface area contributed by atoms with E-state index in [0.29, 0.717) is 19.0 Å². The lowest BCUT2D eigenvalue weighted by atomic mass is 9.92. The summed E-state index contributed by atoms with van der Waals surface area (Å²) in [6.07, 6.45) is 1.63. The molecule has 2 atom stereocenters. The normalized spacial score (nSPS) is 23.9. The molecule has 0 saturated carbocycles. The third kappa shape index (κ3) is 5.49. The molecule has 1 aliphatic rings. The molecule has 1 heterocycles. The van der Waals surface area contributed by atoms with E-state index in [1.807, 2.05) is 20.8 Å². The number of nitrogens with zero attached hydrogens (tertiary/aromatic N) is 1. The highest BCUT2D eigenvalue weighted by Gasteiger charge is 2.32. The Morgan fingerprint density at radius 1 is 1.32 bits per heavy atom. The van der Waals surface area contributed by atoms with Gasteiger partial charge in [-0.15, -0.1) is 0 Å². The van der Waals surface area contributed by atoms with Gasteiger partial charge in [-0.05, 0) is 33.1 Å². The van der Waals surface area contributed by atoms with Crippen molar-refractivity contribution >= 4 is 12.0 Å². The summed E-state index contributed by atoms with van der Waals surface area (Å²) in [6.45, 7) is 10.4. The van der Waals surface area contributed by atoms with Crippen LogP contribution in [0.5, 0.6) is 0 Å². The molecule has 0 aromatic heterocycles. The summed E-state index contributed by atoms with van der Waals surface area (Å²) in [5.74, 6) is 0.365. The Morgan fingerprint density at radius 2 is 1.95 bits per heavy atom. The third-order valence-corrected chi connectivity index (χ3v) is 3.17. The average Bonchev–Trinajstić information content (AvgIpc) is 2.25. The van der Waals surface area contributed by atoms with Crippen molar-refractivity contribution < 1.29 is 14.3 Å². The molecule has 1 fully saturated rings. The Kier molecular flexibility index (Phi) is 5.20. The molecule has 5 heteroatoms. The second-order valence-electron chi connectivity index (χ2n) is 6.29. The highest BCUT2D eigenvalue weighted by atomic mass is 16.6. The first kappa shape index (κ1) is 15.8. The molecule has 19 heavy (non-hydrogen) atoms. The van der Waals surface area contributed by atoms with Gasteiger partial charge in [-0.1, -0.05) is 13.3 Å². The lowest BCUT2D eigenvalue weighted by molar-refractivity contribution is -0.120. The Labute approximate surface area is 115 Å². The van der Waals surface area contributed by atoms with E-state index in [-0.39, 0.29) is 18.0 Å². The van der Waals surface area contributed by atoms with E-state index in [4.69, 9.17) is 4.74 Å². The molecule has 0 bridgehead atoms. The molecule has 5 nitrogen and oxygen atoms in total. The molecule has 0 aromatic carbocycles. The highest BCUT2D eigenvalue weighted by molar-refractivity contribution is 5.73. The SMILES string of the molecule is CCC1CC(NC(C)=O)CN(C(=O)OC(C)(C)C)C1. The van der Waals surface area contributed by atoms with E-state index < -0.39 is 5.60 Å². The summed E-state index contributed by atoms with van der Waals surface area (Å²) in [6, 6.07) is 0.0312. The highest BCUT2D eigenvalue weighted by Crippen LogP contribution is 2.21. The molecular weight excluding hydrogens is 244 g/mol. The van der Waals surface area contributed by atoms with Crippen molar-refractivity contribution in [2.24, 2.45) is 5.92 Å². The van der Waals surface area contributed by atoms with Gasteiger partial charge in [0.1, 0.15) is 5.60 Å². The number of nitrogens with one attached hydrogen (secondary N) is 1. The van der Waals surface area contributed by atoms with Gasteiger partial charge in [0.25, 0.3) is 0 Å². The maximum absolute atomic E-state index is 12.1. The van der Waals surface area contributed by atoms with Crippen molar-refractivity contribution in [1.29, 1.82) is 0 Å². The number of carbonyl (C=O) groups excluding carboxylic acids is 2. The summed E-state index contributed by atoms with van der Waals surface area (Å²) in [4.78, 5) is 25.0. The molecule has 0 spiro atoms. The summed E-state index contributed by atoms with van der Waals surface area (Å²) >= 11 is 0. The molecule has 2 amide bonds. The van der Waals surface area contributed by atoms with Crippen LogP contribution in [0.1, 0.15) is 47.5 Å². The number of hydrogen-bond donors (Lipinski definition) is 1. The van der Waals surface area contributed by atoms with Crippen LogP contribution in [0.15, 0.2) is 0 Å². The van der Waals surface area contributed by atoms with Crippen LogP contribution in [0, 0.1) is 5.92 Å². The minimum absolute atomic E-state index is 0.0312. The molecule has 0 radical (unpaired) electrons. The molecule has 1 saturated heterocycles. The quantitative estimate of drug-likeness (QED) is 0.836. The number of ether oxygens (including phenoxy) is 1. The summed E-state index contributed by atoms with van der Waals surface area (Å²) in [5.41, 5.74) is -0.486. The third-order valence-electron chi connectivity index (χ3n) is 3.17. The number of rotatable bonds is 2. The Balaban J connectivity index is 2.66. The van der Waals surface area contributed by atoms with Crippen LogP contribution in [-0.2, 0) is 9.53 Å². The van der Waals surface area contributed by atoms with Crippen LogP contribution in [0.2, 0.25) is 0 Å². The van der Waals surface area contributed by atoms with Crippen LogP contribution in [0.3, 0.4) is 0 Å². The van der Waals surface area contributed by atoms with Gasteiger partial charge in [0.15, 0.2) is 0 Å². The molecule has 1 N–H and O–H groups in total. The molecule has 110 valence electrons. The van der Waals surface area contributed by atoms with E-state index in [1.54, 1.807) is 4.90 Å². The predicted molar refractivity (Wildman–Crippen MR) is 73.8 cm³/mol. The van der Waals surface area contributed by atoms with Gasteiger partial charge in [0.2, 0.25) is 5.91 Å². The van der Waals surface area contributed by atoms with Crippen molar-refractivity contribution in [3.63, 3.8) is 0 Å². The minimum Gasteiger partial charge on any atom is -0.444 e. The molecular formula is C14H26N2O3. The Bertz CT molecular complexity index is 336. The number of piperidine rings is 1. The fourth-order valence-corrected chi connectivity index (χ4v) is 2.37. The van der Waals surface area contributed by atoms with Crippen LogP contribution in [0.4, 0.5) is 4.79 Å². The lowest BCUT2D eigenvalue weighted by Gasteiger charge is -2.38. The fraction of sp³-hybridized carbons (Fsp3) is 0.857. The molecule has 0 aromatic rings. The van der Waals surface area contributed by atoms with Gasteiger partial charge in [0, 0.05) is 26.1 Å². The maximum atomic E-state index is 12.1. The van der Waals surface area contributed by atoms with Crippen LogP contribution in [-0.4, -0.2) is 41.6 Å². The van der Waals surface area contributed by atoms with Gasteiger partial charge in [-0.2, -0.15) is 0 Å². The zero-order chi connectivity index (χ0) is 14.6. The van der Waals surface area contributed by atoms with Gasteiger partial charge < -0.3 is 15.0 Å². The maximum Gasteiger partial charge on any atom is 0.410 e. The number of carbonyl (C=O) groups is 2. The first-order chi connectivity index (χ1) is 8.71. The van der Waals surface area contributed by atoms with E-state index in [0.717, 1.165) is 12.8 Å². The van der Waals surface area contributed by atoms with E-state index >= 15 is 0 Å². The largest absolute Gasteiger partial charge is 0.444 e. The van der Waals surface area contributed by atoms with Crippen LogP contribution >= 0.6 is 0 Å². The number of amides is 2.